The van der Waals surface area contributed by atoms with Crippen LogP contribution in [0.15, 0.2) is 40.2 Å². The second-order valence-corrected chi connectivity index (χ2v) is 7.83. The van der Waals surface area contributed by atoms with Gasteiger partial charge in [0.2, 0.25) is 5.91 Å². The number of imidazole rings is 1. The van der Waals surface area contributed by atoms with Gasteiger partial charge in [0.1, 0.15) is 0 Å². The lowest BCUT2D eigenvalue weighted by Gasteiger charge is -2.12. The first-order valence-electron chi connectivity index (χ1n) is 10.2. The summed E-state index contributed by atoms with van der Waals surface area (Å²) in [5, 5.41) is 3.01. The molecule has 1 aromatic carbocycles. The van der Waals surface area contributed by atoms with Gasteiger partial charge in [-0.25, -0.2) is 9.78 Å². The predicted molar refractivity (Wildman–Crippen MR) is 113 cm³/mol. The van der Waals surface area contributed by atoms with Crippen molar-refractivity contribution in [1.29, 1.82) is 0 Å². The number of aromatic amines is 1. The zero-order chi connectivity index (χ0) is 21.3. The van der Waals surface area contributed by atoms with E-state index in [9.17, 15) is 14.4 Å². The molecular formula is C21H26N6O3. The molecule has 4 rings (SSSR count). The van der Waals surface area contributed by atoms with E-state index in [-0.39, 0.29) is 11.8 Å². The van der Waals surface area contributed by atoms with Crippen molar-refractivity contribution in [2.75, 3.05) is 20.1 Å². The molecule has 3 heterocycles. The molecule has 3 aromatic rings. The maximum atomic E-state index is 12.4. The number of amides is 1. The number of nitrogens with zero attached hydrogens (tertiary/aromatic N) is 4. The Morgan fingerprint density at radius 3 is 2.63 bits per heavy atom. The van der Waals surface area contributed by atoms with Crippen LogP contribution in [0.2, 0.25) is 0 Å². The summed E-state index contributed by atoms with van der Waals surface area (Å²) in [5.74, 6) is 0.156. The summed E-state index contributed by atoms with van der Waals surface area (Å²) >= 11 is 0. The second kappa shape index (κ2) is 8.27. The van der Waals surface area contributed by atoms with Crippen LogP contribution in [0.5, 0.6) is 0 Å². The zero-order valence-corrected chi connectivity index (χ0v) is 17.2. The molecule has 1 aliphatic heterocycles. The van der Waals surface area contributed by atoms with Gasteiger partial charge in [0, 0.05) is 19.6 Å². The van der Waals surface area contributed by atoms with Crippen molar-refractivity contribution in [3.05, 3.63) is 62.6 Å². The number of benzene rings is 1. The van der Waals surface area contributed by atoms with E-state index in [0.29, 0.717) is 30.8 Å². The quantitative estimate of drug-likeness (QED) is 0.617. The van der Waals surface area contributed by atoms with Crippen molar-refractivity contribution in [3.63, 3.8) is 0 Å². The lowest BCUT2D eigenvalue weighted by atomic mass is 10.1. The van der Waals surface area contributed by atoms with Crippen molar-refractivity contribution in [1.82, 2.24) is 29.3 Å². The number of likely N-dealkylation sites (tertiary alicyclic amines) is 1. The normalized spacial score (nSPS) is 16.9. The molecule has 2 aromatic heterocycles. The number of H-pyrrole nitrogens is 1. The molecule has 0 bridgehead atoms. The molecule has 2 N–H and O–H groups in total. The lowest BCUT2D eigenvalue weighted by Crippen LogP contribution is -2.32. The Balaban J connectivity index is 1.46. The number of rotatable bonds is 6. The van der Waals surface area contributed by atoms with Crippen molar-refractivity contribution in [2.45, 2.75) is 33.0 Å². The molecule has 9 nitrogen and oxygen atoms in total. The average molecular weight is 410 g/mol. The molecule has 30 heavy (non-hydrogen) atoms. The van der Waals surface area contributed by atoms with Crippen LogP contribution in [0.25, 0.3) is 11.2 Å². The van der Waals surface area contributed by atoms with E-state index in [1.165, 1.54) is 4.57 Å². The van der Waals surface area contributed by atoms with Gasteiger partial charge in [-0.15, -0.1) is 0 Å². The molecule has 158 valence electrons. The Labute approximate surface area is 173 Å². The van der Waals surface area contributed by atoms with Crippen LogP contribution in [0, 0.1) is 5.92 Å². The van der Waals surface area contributed by atoms with Crippen LogP contribution in [0.4, 0.5) is 0 Å². The first kappa shape index (κ1) is 20.1. The van der Waals surface area contributed by atoms with Crippen LogP contribution in [-0.4, -0.2) is 50.0 Å². The van der Waals surface area contributed by atoms with E-state index in [4.69, 9.17) is 0 Å². The SMILES string of the molecule is CCn1cnc2c1c(=O)[nH]c(=O)n2Cc1ccc(CNC(=O)C2CCN(C)C2)cc1. The number of hydrogen-bond donors (Lipinski definition) is 2. The number of fused-ring (bicyclic) bond motifs is 1. The molecule has 0 aliphatic carbocycles. The fraction of sp³-hybridized carbons (Fsp3) is 0.429. The number of carbonyl (C=O) groups is 1. The van der Waals surface area contributed by atoms with Crippen molar-refractivity contribution in [3.8, 4) is 0 Å². The Hall–Kier alpha value is -3.20. The molecule has 1 atom stereocenters. The van der Waals surface area contributed by atoms with Gasteiger partial charge in [-0.3, -0.25) is 19.1 Å². The number of nitrogens with one attached hydrogen (secondary N) is 2. The monoisotopic (exact) mass is 410 g/mol. The van der Waals surface area contributed by atoms with Gasteiger partial charge < -0.3 is 14.8 Å². The predicted octanol–water partition coefficient (Wildman–Crippen LogP) is 0.522. The fourth-order valence-electron chi connectivity index (χ4n) is 3.94. The Morgan fingerprint density at radius 2 is 1.97 bits per heavy atom. The van der Waals surface area contributed by atoms with Gasteiger partial charge in [0.05, 0.1) is 18.8 Å². The van der Waals surface area contributed by atoms with E-state index in [0.717, 1.165) is 30.6 Å². The molecule has 0 spiro atoms. The van der Waals surface area contributed by atoms with Gasteiger partial charge in [-0.05, 0) is 38.1 Å². The zero-order valence-electron chi connectivity index (χ0n) is 17.2. The highest BCUT2D eigenvalue weighted by molar-refractivity contribution is 5.79. The minimum Gasteiger partial charge on any atom is -0.352 e. The Kier molecular flexibility index (Phi) is 5.54. The highest BCUT2D eigenvalue weighted by Gasteiger charge is 2.25. The smallest absolute Gasteiger partial charge is 0.330 e. The van der Waals surface area contributed by atoms with Gasteiger partial charge in [0.15, 0.2) is 11.2 Å². The van der Waals surface area contributed by atoms with Crippen molar-refractivity contribution < 1.29 is 4.79 Å². The Bertz CT molecular complexity index is 1170. The molecule has 0 radical (unpaired) electrons. The number of hydrogen-bond acceptors (Lipinski definition) is 5. The molecule has 1 fully saturated rings. The largest absolute Gasteiger partial charge is 0.352 e. The molecule has 1 aliphatic rings. The second-order valence-electron chi connectivity index (χ2n) is 7.83. The molecular weight excluding hydrogens is 384 g/mol. The maximum Gasteiger partial charge on any atom is 0.330 e. The van der Waals surface area contributed by atoms with Crippen LogP contribution in [0.1, 0.15) is 24.5 Å². The Morgan fingerprint density at radius 1 is 1.23 bits per heavy atom. The first-order valence-corrected chi connectivity index (χ1v) is 10.2. The van der Waals surface area contributed by atoms with Gasteiger partial charge >= 0.3 is 5.69 Å². The maximum absolute atomic E-state index is 12.4. The van der Waals surface area contributed by atoms with E-state index < -0.39 is 11.2 Å². The van der Waals surface area contributed by atoms with Crippen molar-refractivity contribution in [2.24, 2.45) is 5.92 Å². The third-order valence-electron chi connectivity index (χ3n) is 5.69. The summed E-state index contributed by atoms with van der Waals surface area (Å²) in [5.41, 5.74) is 1.77. The molecule has 1 unspecified atom stereocenters. The topological polar surface area (TPSA) is 105 Å². The van der Waals surface area contributed by atoms with Gasteiger partial charge in [-0.2, -0.15) is 0 Å². The summed E-state index contributed by atoms with van der Waals surface area (Å²) in [4.78, 5) is 45.6. The molecule has 0 saturated carbocycles. The van der Waals surface area contributed by atoms with Gasteiger partial charge in [0.25, 0.3) is 5.56 Å². The average Bonchev–Trinajstić information content (AvgIpc) is 3.36. The van der Waals surface area contributed by atoms with Gasteiger partial charge in [-0.1, -0.05) is 24.3 Å². The minimum absolute atomic E-state index is 0.0618. The summed E-state index contributed by atoms with van der Waals surface area (Å²) < 4.78 is 3.19. The summed E-state index contributed by atoms with van der Waals surface area (Å²) in [7, 11) is 2.03. The molecule has 1 saturated heterocycles. The van der Waals surface area contributed by atoms with Crippen LogP contribution in [0.3, 0.4) is 0 Å². The lowest BCUT2D eigenvalue weighted by molar-refractivity contribution is -0.124. The fourth-order valence-corrected chi connectivity index (χ4v) is 3.94. The standard InChI is InChI=1S/C21H26N6O3/c1-3-26-13-23-18-17(26)20(29)24-21(30)27(18)11-15-6-4-14(5-7-15)10-22-19(28)16-8-9-25(2)12-16/h4-7,13,16H,3,8-12H2,1-2H3,(H,22,28)(H,24,29,30). The summed E-state index contributed by atoms with van der Waals surface area (Å²) in [6.45, 7) is 5.05. The third-order valence-corrected chi connectivity index (χ3v) is 5.69. The summed E-state index contributed by atoms with van der Waals surface area (Å²) in [6.07, 6.45) is 2.47. The minimum atomic E-state index is -0.480. The third kappa shape index (κ3) is 3.93. The highest BCUT2D eigenvalue weighted by Crippen LogP contribution is 2.15. The van der Waals surface area contributed by atoms with Crippen molar-refractivity contribution >= 4 is 17.1 Å². The van der Waals surface area contributed by atoms with E-state index in [1.807, 2.05) is 38.2 Å². The number of carbonyl (C=O) groups excluding carboxylic acids is 1. The summed E-state index contributed by atoms with van der Waals surface area (Å²) in [6, 6.07) is 7.72. The van der Waals surface area contributed by atoms with E-state index in [2.05, 4.69) is 20.2 Å². The van der Waals surface area contributed by atoms with Crippen LogP contribution in [-0.2, 0) is 24.4 Å². The molecule has 1 amide bonds. The highest BCUT2D eigenvalue weighted by atomic mass is 16.2. The van der Waals surface area contributed by atoms with E-state index >= 15 is 0 Å². The first-order chi connectivity index (χ1) is 14.5. The number of aryl methyl sites for hydroxylation is 1. The number of aromatic nitrogens is 4. The molecule has 9 heteroatoms. The van der Waals surface area contributed by atoms with E-state index in [1.54, 1.807) is 10.9 Å². The van der Waals surface area contributed by atoms with Crippen LogP contribution < -0.4 is 16.6 Å². The van der Waals surface area contributed by atoms with Crippen LogP contribution >= 0.6 is 0 Å².